The van der Waals surface area contributed by atoms with E-state index >= 15 is 0 Å². The zero-order valence-electron chi connectivity index (χ0n) is 11.0. The van der Waals surface area contributed by atoms with E-state index in [0.717, 1.165) is 32.5 Å². The Hall–Kier alpha value is -0.610. The Bertz CT molecular complexity index is 273. The number of nitrogens with one attached hydrogen (secondary N) is 1. The van der Waals surface area contributed by atoms with Crippen molar-refractivity contribution in [3.63, 3.8) is 0 Å². The molecular formula is C13H24N2O2. The zero-order chi connectivity index (χ0) is 12.3. The molecule has 0 aromatic carbocycles. The van der Waals surface area contributed by atoms with E-state index in [0.29, 0.717) is 6.04 Å². The van der Waals surface area contributed by atoms with Gasteiger partial charge < -0.3 is 15.0 Å². The Morgan fingerprint density at radius 3 is 2.65 bits per heavy atom. The van der Waals surface area contributed by atoms with Gasteiger partial charge in [0.2, 0.25) is 5.91 Å². The van der Waals surface area contributed by atoms with Crippen LogP contribution in [0.25, 0.3) is 0 Å². The van der Waals surface area contributed by atoms with Crippen LogP contribution in [0.1, 0.15) is 39.5 Å². The highest BCUT2D eigenvalue weighted by Crippen LogP contribution is 2.27. The van der Waals surface area contributed by atoms with Crippen molar-refractivity contribution in [3.05, 3.63) is 0 Å². The second kappa shape index (κ2) is 5.36. The average molecular weight is 240 g/mol. The molecule has 0 spiro atoms. The molecule has 1 saturated carbocycles. The number of carbonyl (C=O) groups excluding carboxylic acids is 1. The van der Waals surface area contributed by atoms with Crippen LogP contribution in [0.2, 0.25) is 0 Å². The molecule has 17 heavy (non-hydrogen) atoms. The lowest BCUT2D eigenvalue weighted by Crippen LogP contribution is -2.59. The van der Waals surface area contributed by atoms with Crippen LogP contribution < -0.4 is 5.32 Å². The van der Waals surface area contributed by atoms with Crippen molar-refractivity contribution >= 4 is 5.91 Å². The summed E-state index contributed by atoms with van der Waals surface area (Å²) >= 11 is 0. The Morgan fingerprint density at radius 2 is 2.18 bits per heavy atom. The molecule has 2 fully saturated rings. The highest BCUT2D eigenvalue weighted by molar-refractivity contribution is 5.78. The minimum atomic E-state index is -0.115. The van der Waals surface area contributed by atoms with E-state index < -0.39 is 0 Å². The molecule has 1 amide bonds. The van der Waals surface area contributed by atoms with Crippen LogP contribution in [0, 0.1) is 0 Å². The van der Waals surface area contributed by atoms with Gasteiger partial charge in [-0.2, -0.15) is 0 Å². The molecule has 1 heterocycles. The van der Waals surface area contributed by atoms with E-state index in [1.54, 1.807) is 0 Å². The highest BCUT2D eigenvalue weighted by Gasteiger charge is 2.36. The predicted octanol–water partition coefficient (Wildman–Crippen LogP) is 1.16. The first-order valence-corrected chi connectivity index (χ1v) is 6.79. The van der Waals surface area contributed by atoms with Crippen LogP contribution >= 0.6 is 0 Å². The number of carbonyl (C=O) groups is 1. The first-order valence-electron chi connectivity index (χ1n) is 6.79. The minimum absolute atomic E-state index is 0.115. The first kappa shape index (κ1) is 12.8. The SMILES string of the molecule is CCCCN(C(=O)COC1(C)CNC1)C1CC1. The lowest BCUT2D eigenvalue weighted by Gasteiger charge is -2.39. The topological polar surface area (TPSA) is 41.6 Å². The summed E-state index contributed by atoms with van der Waals surface area (Å²) in [6.07, 6.45) is 4.59. The van der Waals surface area contributed by atoms with Gasteiger partial charge in [-0.05, 0) is 26.2 Å². The van der Waals surface area contributed by atoms with Gasteiger partial charge in [0.25, 0.3) is 0 Å². The molecule has 0 atom stereocenters. The van der Waals surface area contributed by atoms with Gasteiger partial charge in [-0.1, -0.05) is 13.3 Å². The molecular weight excluding hydrogens is 216 g/mol. The van der Waals surface area contributed by atoms with Gasteiger partial charge in [0.05, 0.1) is 5.60 Å². The summed E-state index contributed by atoms with van der Waals surface area (Å²) in [6.45, 7) is 7.09. The molecule has 1 N–H and O–H groups in total. The summed E-state index contributed by atoms with van der Waals surface area (Å²) in [7, 11) is 0. The monoisotopic (exact) mass is 240 g/mol. The second-order valence-corrected chi connectivity index (χ2v) is 5.51. The smallest absolute Gasteiger partial charge is 0.248 e. The first-order chi connectivity index (χ1) is 8.14. The standard InChI is InChI=1S/C13H24N2O2/c1-3-4-7-15(11-5-6-11)12(16)8-17-13(2)9-14-10-13/h11,14H,3-10H2,1-2H3. The van der Waals surface area contributed by atoms with Crippen LogP contribution in [-0.2, 0) is 9.53 Å². The molecule has 1 saturated heterocycles. The normalized spacial score (nSPS) is 22.0. The molecule has 0 unspecified atom stereocenters. The molecule has 0 bridgehead atoms. The highest BCUT2D eigenvalue weighted by atomic mass is 16.5. The van der Waals surface area contributed by atoms with Crippen molar-refractivity contribution in [3.8, 4) is 0 Å². The molecule has 0 radical (unpaired) electrons. The van der Waals surface area contributed by atoms with Crippen molar-refractivity contribution in [1.29, 1.82) is 0 Å². The lowest BCUT2D eigenvalue weighted by molar-refractivity contribution is -0.146. The summed E-state index contributed by atoms with van der Waals surface area (Å²) in [5, 5.41) is 3.17. The quantitative estimate of drug-likeness (QED) is 0.726. The van der Waals surface area contributed by atoms with Gasteiger partial charge in [-0.3, -0.25) is 4.79 Å². The van der Waals surface area contributed by atoms with Crippen molar-refractivity contribution in [2.24, 2.45) is 0 Å². The van der Waals surface area contributed by atoms with Crippen molar-refractivity contribution in [1.82, 2.24) is 10.2 Å². The average Bonchev–Trinajstić information content (AvgIpc) is 3.08. The van der Waals surface area contributed by atoms with Crippen molar-refractivity contribution in [2.45, 2.75) is 51.2 Å². The number of hydrogen-bond acceptors (Lipinski definition) is 3. The van der Waals surface area contributed by atoms with Crippen molar-refractivity contribution in [2.75, 3.05) is 26.2 Å². The minimum Gasteiger partial charge on any atom is -0.363 e. The largest absolute Gasteiger partial charge is 0.363 e. The Morgan fingerprint density at radius 1 is 1.47 bits per heavy atom. The Kier molecular flexibility index (Phi) is 4.05. The molecule has 1 aliphatic carbocycles. The van der Waals surface area contributed by atoms with E-state index in [-0.39, 0.29) is 18.1 Å². The fourth-order valence-corrected chi connectivity index (χ4v) is 2.12. The molecule has 1 aliphatic heterocycles. The van der Waals surface area contributed by atoms with Crippen LogP contribution in [0.4, 0.5) is 0 Å². The molecule has 2 aliphatic rings. The lowest BCUT2D eigenvalue weighted by atomic mass is 10.0. The summed E-state index contributed by atoms with van der Waals surface area (Å²) in [5.41, 5.74) is -0.115. The fourth-order valence-electron chi connectivity index (χ4n) is 2.12. The second-order valence-electron chi connectivity index (χ2n) is 5.51. The predicted molar refractivity (Wildman–Crippen MR) is 66.9 cm³/mol. The third-order valence-electron chi connectivity index (χ3n) is 3.60. The fraction of sp³-hybridized carbons (Fsp3) is 0.923. The molecule has 4 nitrogen and oxygen atoms in total. The number of nitrogens with zero attached hydrogens (tertiary/aromatic N) is 1. The van der Waals surface area contributed by atoms with Crippen LogP contribution in [0.15, 0.2) is 0 Å². The molecule has 4 heteroatoms. The molecule has 98 valence electrons. The van der Waals surface area contributed by atoms with E-state index in [1.165, 1.54) is 12.8 Å². The van der Waals surface area contributed by atoms with Crippen molar-refractivity contribution < 1.29 is 9.53 Å². The van der Waals surface area contributed by atoms with E-state index in [9.17, 15) is 4.79 Å². The van der Waals surface area contributed by atoms with Gasteiger partial charge in [-0.25, -0.2) is 0 Å². The summed E-state index contributed by atoms with van der Waals surface area (Å²) in [6, 6.07) is 0.505. The zero-order valence-corrected chi connectivity index (χ0v) is 11.0. The number of ether oxygens (including phenoxy) is 1. The van der Waals surface area contributed by atoms with Gasteiger partial charge in [0.1, 0.15) is 6.61 Å². The number of amides is 1. The van der Waals surface area contributed by atoms with Gasteiger partial charge >= 0.3 is 0 Å². The third kappa shape index (κ3) is 3.42. The number of rotatable bonds is 7. The Balaban J connectivity index is 1.75. The summed E-state index contributed by atoms with van der Waals surface area (Å²) in [5.74, 6) is 0.175. The maximum absolute atomic E-state index is 12.1. The number of hydrogen-bond donors (Lipinski definition) is 1. The Labute approximate surface area is 104 Å². The maximum atomic E-state index is 12.1. The van der Waals surface area contributed by atoms with E-state index in [1.807, 2.05) is 4.90 Å². The van der Waals surface area contributed by atoms with Gasteiger partial charge in [0, 0.05) is 25.7 Å². The third-order valence-corrected chi connectivity index (χ3v) is 3.60. The molecule has 0 aromatic rings. The summed E-state index contributed by atoms with van der Waals surface area (Å²) in [4.78, 5) is 14.1. The van der Waals surface area contributed by atoms with Crippen LogP contribution in [0.5, 0.6) is 0 Å². The van der Waals surface area contributed by atoms with E-state index in [4.69, 9.17) is 4.74 Å². The maximum Gasteiger partial charge on any atom is 0.248 e. The van der Waals surface area contributed by atoms with Gasteiger partial charge in [0.15, 0.2) is 0 Å². The van der Waals surface area contributed by atoms with E-state index in [2.05, 4.69) is 19.2 Å². The molecule has 0 aromatic heterocycles. The number of unbranched alkanes of at least 4 members (excludes halogenated alkanes) is 1. The van der Waals surface area contributed by atoms with Gasteiger partial charge in [-0.15, -0.1) is 0 Å². The van der Waals surface area contributed by atoms with Crippen LogP contribution in [-0.4, -0.2) is 48.7 Å². The molecule has 2 rings (SSSR count). The van der Waals surface area contributed by atoms with Crippen LogP contribution in [0.3, 0.4) is 0 Å². The summed E-state index contributed by atoms with van der Waals surface area (Å²) < 4.78 is 5.71.